The summed E-state index contributed by atoms with van der Waals surface area (Å²) >= 11 is 0. The Hall–Kier alpha value is -0.330. The molecule has 1 aliphatic heterocycles. The predicted molar refractivity (Wildman–Crippen MR) is 42.4 cm³/mol. The van der Waals surface area contributed by atoms with Crippen molar-refractivity contribution >= 4 is 9.84 Å². The summed E-state index contributed by atoms with van der Waals surface area (Å²) in [6.45, 7) is 0. The average molecular weight is 234 g/mol. The molecule has 2 nitrogen and oxygen atoms in total. The molecule has 1 aliphatic rings. The van der Waals surface area contributed by atoms with Crippen molar-refractivity contribution in [1.82, 2.24) is 0 Å². The highest BCUT2D eigenvalue weighted by Gasteiger charge is 2.46. The van der Waals surface area contributed by atoms with Crippen LogP contribution in [0.4, 0.5) is 17.6 Å². The summed E-state index contributed by atoms with van der Waals surface area (Å²) in [5, 5.41) is -1.30. The molecular weight excluding hydrogens is 224 g/mol. The van der Waals surface area contributed by atoms with Gasteiger partial charge in [0, 0.05) is 6.42 Å². The molecule has 0 aromatic heterocycles. The van der Waals surface area contributed by atoms with E-state index < -0.39 is 33.9 Å². The summed E-state index contributed by atoms with van der Waals surface area (Å²) in [4.78, 5) is 0. The van der Waals surface area contributed by atoms with Crippen LogP contribution >= 0.6 is 0 Å². The molecule has 0 bridgehead atoms. The number of hydrogen-bond acceptors (Lipinski definition) is 2. The zero-order valence-corrected chi connectivity index (χ0v) is 8.04. The Kier molecular flexibility index (Phi) is 3.08. The maximum absolute atomic E-state index is 12.5. The van der Waals surface area contributed by atoms with Crippen LogP contribution in [0, 0.1) is 0 Å². The Morgan fingerprint density at radius 1 is 1.36 bits per heavy atom. The molecule has 0 radical (unpaired) electrons. The monoisotopic (exact) mass is 234 g/mol. The van der Waals surface area contributed by atoms with Gasteiger partial charge in [-0.05, 0) is 12.8 Å². The lowest BCUT2D eigenvalue weighted by Crippen LogP contribution is -2.33. The van der Waals surface area contributed by atoms with Crippen LogP contribution in [-0.4, -0.2) is 31.8 Å². The van der Waals surface area contributed by atoms with E-state index in [0.29, 0.717) is 0 Å². The van der Waals surface area contributed by atoms with E-state index in [1.165, 1.54) is 0 Å². The first kappa shape index (κ1) is 11.7. The van der Waals surface area contributed by atoms with E-state index in [4.69, 9.17) is 0 Å². The van der Waals surface area contributed by atoms with E-state index >= 15 is 0 Å². The molecule has 1 atom stereocenters. The first-order chi connectivity index (χ1) is 6.26. The summed E-state index contributed by atoms with van der Waals surface area (Å²) in [5.41, 5.74) is 0. The van der Waals surface area contributed by atoms with Gasteiger partial charge in [-0.2, -0.15) is 0 Å². The lowest BCUT2D eigenvalue weighted by Gasteiger charge is -2.18. The van der Waals surface area contributed by atoms with E-state index in [2.05, 4.69) is 0 Å². The first-order valence-electron chi connectivity index (χ1n) is 4.13. The SMILES string of the molecule is O=S1(=O)CCCC1CC(F)(F)C(F)F. The van der Waals surface area contributed by atoms with Crippen molar-refractivity contribution in [3.05, 3.63) is 0 Å². The van der Waals surface area contributed by atoms with Crippen LogP contribution in [-0.2, 0) is 9.84 Å². The van der Waals surface area contributed by atoms with Crippen molar-refractivity contribution in [2.24, 2.45) is 0 Å². The Balaban J connectivity index is 2.70. The van der Waals surface area contributed by atoms with Crippen LogP contribution in [0.25, 0.3) is 0 Å². The fraction of sp³-hybridized carbons (Fsp3) is 1.00. The summed E-state index contributed by atoms with van der Waals surface area (Å²) in [6, 6.07) is 0. The number of sulfone groups is 1. The topological polar surface area (TPSA) is 34.1 Å². The molecule has 0 spiro atoms. The minimum Gasteiger partial charge on any atom is -0.229 e. The highest BCUT2D eigenvalue weighted by molar-refractivity contribution is 7.92. The van der Waals surface area contributed by atoms with E-state index in [-0.39, 0.29) is 18.6 Å². The molecule has 0 saturated carbocycles. The molecule has 84 valence electrons. The summed E-state index contributed by atoms with van der Waals surface area (Å²) < 4.78 is 70.8. The van der Waals surface area contributed by atoms with Gasteiger partial charge < -0.3 is 0 Å². The summed E-state index contributed by atoms with van der Waals surface area (Å²) in [7, 11) is -3.57. The standard InChI is InChI=1S/C7H10F4O2S/c8-6(9)7(10,11)4-5-2-1-3-14(5,12)13/h5-6H,1-4H2. The molecule has 0 N–H and O–H groups in total. The molecule has 0 aromatic rings. The van der Waals surface area contributed by atoms with Crippen LogP contribution in [0.15, 0.2) is 0 Å². The second-order valence-corrected chi connectivity index (χ2v) is 5.80. The van der Waals surface area contributed by atoms with Gasteiger partial charge in [-0.3, -0.25) is 0 Å². The maximum atomic E-state index is 12.5. The fourth-order valence-corrected chi connectivity index (χ4v) is 3.38. The van der Waals surface area contributed by atoms with E-state index in [9.17, 15) is 26.0 Å². The molecule has 1 saturated heterocycles. The lowest BCUT2D eigenvalue weighted by atomic mass is 10.1. The van der Waals surface area contributed by atoms with Crippen molar-refractivity contribution < 1.29 is 26.0 Å². The first-order valence-corrected chi connectivity index (χ1v) is 5.85. The van der Waals surface area contributed by atoms with Gasteiger partial charge in [-0.15, -0.1) is 0 Å². The number of halogens is 4. The van der Waals surface area contributed by atoms with Crippen molar-refractivity contribution in [3.63, 3.8) is 0 Å². The summed E-state index contributed by atoms with van der Waals surface area (Å²) in [5.74, 6) is -4.36. The maximum Gasteiger partial charge on any atom is 0.308 e. The van der Waals surface area contributed by atoms with Gasteiger partial charge in [0.25, 0.3) is 0 Å². The third kappa shape index (κ3) is 2.37. The Morgan fingerprint density at radius 2 is 1.93 bits per heavy atom. The zero-order chi connectivity index (χ0) is 11.0. The molecule has 7 heteroatoms. The van der Waals surface area contributed by atoms with Crippen LogP contribution in [0.1, 0.15) is 19.3 Å². The van der Waals surface area contributed by atoms with E-state index in [1.54, 1.807) is 0 Å². The Bertz CT molecular complexity index is 299. The van der Waals surface area contributed by atoms with E-state index in [1.807, 2.05) is 0 Å². The molecule has 1 heterocycles. The van der Waals surface area contributed by atoms with Gasteiger partial charge in [-0.25, -0.2) is 26.0 Å². The van der Waals surface area contributed by atoms with Crippen LogP contribution in [0.5, 0.6) is 0 Å². The third-order valence-electron chi connectivity index (χ3n) is 2.28. The molecule has 0 aliphatic carbocycles. The molecule has 14 heavy (non-hydrogen) atoms. The predicted octanol–water partition coefficient (Wildman–Crippen LogP) is 1.85. The van der Waals surface area contributed by atoms with Crippen LogP contribution in [0.3, 0.4) is 0 Å². The quantitative estimate of drug-likeness (QED) is 0.698. The molecule has 1 rings (SSSR count). The number of alkyl halides is 4. The Labute approximate surface area is 79.2 Å². The van der Waals surface area contributed by atoms with Crippen molar-refractivity contribution in [1.29, 1.82) is 0 Å². The zero-order valence-electron chi connectivity index (χ0n) is 7.22. The molecule has 0 aromatic carbocycles. The van der Waals surface area contributed by atoms with Gasteiger partial charge in [0.1, 0.15) is 0 Å². The van der Waals surface area contributed by atoms with Gasteiger partial charge in [0.2, 0.25) is 0 Å². The normalized spacial score (nSPS) is 27.1. The molecule has 1 unspecified atom stereocenters. The van der Waals surface area contributed by atoms with Gasteiger partial charge in [-0.1, -0.05) is 0 Å². The lowest BCUT2D eigenvalue weighted by molar-refractivity contribution is -0.132. The van der Waals surface area contributed by atoms with Gasteiger partial charge in [0.05, 0.1) is 11.0 Å². The smallest absolute Gasteiger partial charge is 0.229 e. The minimum absolute atomic E-state index is 0.0602. The van der Waals surface area contributed by atoms with Crippen molar-refractivity contribution in [2.45, 2.75) is 36.9 Å². The second-order valence-electron chi connectivity index (χ2n) is 3.40. The van der Waals surface area contributed by atoms with E-state index in [0.717, 1.165) is 0 Å². The Morgan fingerprint density at radius 3 is 2.29 bits per heavy atom. The van der Waals surface area contributed by atoms with Gasteiger partial charge in [0.15, 0.2) is 9.84 Å². The van der Waals surface area contributed by atoms with Crippen molar-refractivity contribution in [3.8, 4) is 0 Å². The highest BCUT2D eigenvalue weighted by atomic mass is 32.2. The van der Waals surface area contributed by atoms with Crippen LogP contribution < -0.4 is 0 Å². The van der Waals surface area contributed by atoms with Crippen LogP contribution in [0.2, 0.25) is 0 Å². The van der Waals surface area contributed by atoms with Gasteiger partial charge >= 0.3 is 12.3 Å². The second kappa shape index (κ2) is 3.67. The average Bonchev–Trinajstić information content (AvgIpc) is 2.30. The highest BCUT2D eigenvalue weighted by Crippen LogP contribution is 2.34. The number of hydrogen-bond donors (Lipinski definition) is 0. The fourth-order valence-electron chi connectivity index (χ4n) is 1.48. The molecule has 1 fully saturated rings. The minimum atomic E-state index is -4.19. The summed E-state index contributed by atoms with van der Waals surface area (Å²) in [6.07, 6.45) is -4.71. The molecular formula is C7H10F4O2S. The third-order valence-corrected chi connectivity index (χ3v) is 4.56. The largest absolute Gasteiger partial charge is 0.308 e. The van der Waals surface area contributed by atoms with Crippen molar-refractivity contribution in [2.75, 3.05) is 5.75 Å². The number of rotatable bonds is 3. The molecule has 0 amide bonds.